The van der Waals surface area contributed by atoms with Gasteiger partial charge < -0.3 is 19.8 Å². The lowest BCUT2D eigenvalue weighted by molar-refractivity contribution is -0.149. The molecule has 0 aliphatic carbocycles. The Morgan fingerprint density at radius 3 is 1.44 bits per heavy atom. The minimum atomic E-state index is -0.750. The second kappa shape index (κ2) is 10.9. The maximum absolute atomic E-state index is 11.8. The van der Waals surface area contributed by atoms with Crippen molar-refractivity contribution >= 4 is 23.4 Å². The summed E-state index contributed by atoms with van der Waals surface area (Å²) in [4.78, 5) is 29.2. The standard InChI is InChI=1S/C10H20N2O.C8H15NO2.O2S/c1-10(2,3)9(13)12-7-5-11(4)6-8-12;1-8(2,3)7(11)9-4-6(10)5-9;1-3-2/h5-8H2,1-4H3;6,10H,4-5H2,1-3H3;. The van der Waals surface area contributed by atoms with Crippen LogP contribution in [-0.4, -0.2) is 92.5 Å². The van der Waals surface area contributed by atoms with Gasteiger partial charge in [0.2, 0.25) is 11.8 Å². The highest BCUT2D eigenvalue weighted by atomic mass is 32.1. The number of carbonyl (C=O) groups is 2. The summed E-state index contributed by atoms with van der Waals surface area (Å²) in [6.45, 7) is 16.4. The molecule has 2 rings (SSSR count). The number of hydrogen-bond acceptors (Lipinski definition) is 6. The number of aliphatic hydroxyl groups is 1. The lowest BCUT2D eigenvalue weighted by atomic mass is 9.93. The molecule has 0 spiro atoms. The zero-order chi connectivity index (χ0) is 21.4. The molecule has 158 valence electrons. The molecule has 1 N–H and O–H groups in total. The van der Waals surface area contributed by atoms with Crippen LogP contribution in [0.5, 0.6) is 0 Å². The van der Waals surface area contributed by atoms with E-state index in [-0.39, 0.29) is 28.7 Å². The Balaban J connectivity index is 0.000000442. The predicted octanol–water partition coefficient (Wildman–Crippen LogP) is 0.372. The van der Waals surface area contributed by atoms with Crippen LogP contribution in [0.25, 0.3) is 0 Å². The van der Waals surface area contributed by atoms with Crippen molar-refractivity contribution in [3.8, 4) is 0 Å². The van der Waals surface area contributed by atoms with Gasteiger partial charge in [0.25, 0.3) is 0 Å². The third kappa shape index (κ3) is 9.44. The second-order valence-corrected chi connectivity index (χ2v) is 9.16. The van der Waals surface area contributed by atoms with E-state index in [0.717, 1.165) is 26.2 Å². The molecule has 2 heterocycles. The van der Waals surface area contributed by atoms with Crippen molar-refractivity contribution in [3.63, 3.8) is 0 Å². The van der Waals surface area contributed by atoms with Crippen LogP contribution in [0, 0.1) is 10.8 Å². The average molecular weight is 406 g/mol. The van der Waals surface area contributed by atoms with E-state index < -0.39 is 11.6 Å². The third-order valence-corrected chi connectivity index (χ3v) is 4.22. The Morgan fingerprint density at radius 1 is 0.815 bits per heavy atom. The first-order chi connectivity index (χ1) is 12.2. The van der Waals surface area contributed by atoms with E-state index in [1.807, 2.05) is 46.4 Å². The molecule has 0 aromatic rings. The van der Waals surface area contributed by atoms with Crippen LogP contribution in [0.3, 0.4) is 0 Å². The molecule has 0 aromatic heterocycles. The van der Waals surface area contributed by atoms with Crippen LogP contribution in [0.4, 0.5) is 0 Å². The highest BCUT2D eigenvalue weighted by Gasteiger charge is 2.35. The third-order valence-electron chi connectivity index (χ3n) is 4.22. The maximum atomic E-state index is 11.8. The summed E-state index contributed by atoms with van der Waals surface area (Å²) < 4.78 is 16.6. The number of β-amino-alcohol motifs (C(OH)–C–C–N with tert-alkyl or cyclic N) is 1. The molecular weight excluding hydrogens is 370 g/mol. The first-order valence-corrected chi connectivity index (χ1v) is 9.77. The van der Waals surface area contributed by atoms with Gasteiger partial charge >= 0.3 is 11.6 Å². The Morgan fingerprint density at radius 2 is 1.15 bits per heavy atom. The highest BCUT2D eigenvalue weighted by Crippen LogP contribution is 2.21. The van der Waals surface area contributed by atoms with E-state index in [1.165, 1.54) is 0 Å². The SMILES string of the molecule is CC(C)(C)C(=O)N1CC(O)C1.CN1CCN(C(=O)C(C)(C)C)CC1.O=S=O. The monoisotopic (exact) mass is 405 g/mol. The van der Waals surface area contributed by atoms with Gasteiger partial charge in [0.15, 0.2) is 0 Å². The molecule has 0 bridgehead atoms. The molecular formula is C18H35N3O5S. The summed E-state index contributed by atoms with van der Waals surface area (Å²) in [5.74, 6) is 0.406. The molecule has 8 nitrogen and oxygen atoms in total. The van der Waals surface area contributed by atoms with Gasteiger partial charge in [-0.3, -0.25) is 9.59 Å². The molecule has 0 unspecified atom stereocenters. The van der Waals surface area contributed by atoms with Gasteiger partial charge in [0.1, 0.15) is 0 Å². The van der Waals surface area contributed by atoms with Gasteiger partial charge in [-0.1, -0.05) is 41.5 Å². The first-order valence-electron chi connectivity index (χ1n) is 9.11. The van der Waals surface area contributed by atoms with Crippen LogP contribution in [0.1, 0.15) is 41.5 Å². The van der Waals surface area contributed by atoms with E-state index in [1.54, 1.807) is 4.90 Å². The summed E-state index contributed by atoms with van der Waals surface area (Å²) in [7, 11) is 2.10. The predicted molar refractivity (Wildman–Crippen MR) is 104 cm³/mol. The van der Waals surface area contributed by atoms with Crippen molar-refractivity contribution < 1.29 is 23.1 Å². The Kier molecular flexibility index (Phi) is 10.3. The largest absolute Gasteiger partial charge is 0.389 e. The second-order valence-electron chi connectivity index (χ2n) is 9.03. The molecule has 2 aliphatic rings. The number of amides is 2. The fourth-order valence-corrected chi connectivity index (χ4v) is 2.58. The van der Waals surface area contributed by atoms with Crippen LogP contribution < -0.4 is 0 Å². The number of piperazine rings is 1. The highest BCUT2D eigenvalue weighted by molar-refractivity contribution is 7.51. The fraction of sp³-hybridized carbons (Fsp3) is 0.889. The molecule has 9 heteroatoms. The minimum Gasteiger partial charge on any atom is -0.389 e. The van der Waals surface area contributed by atoms with E-state index in [9.17, 15) is 9.59 Å². The summed E-state index contributed by atoms with van der Waals surface area (Å²) >= 11 is -0.750. The van der Waals surface area contributed by atoms with Gasteiger partial charge in [-0.2, -0.15) is 8.42 Å². The van der Waals surface area contributed by atoms with Crippen molar-refractivity contribution in [1.29, 1.82) is 0 Å². The number of likely N-dealkylation sites (tertiary alicyclic amines) is 1. The molecule has 0 atom stereocenters. The van der Waals surface area contributed by atoms with Crippen LogP contribution >= 0.6 is 0 Å². The van der Waals surface area contributed by atoms with Gasteiger partial charge in [-0.15, -0.1) is 0 Å². The van der Waals surface area contributed by atoms with Gasteiger partial charge in [-0.05, 0) is 7.05 Å². The van der Waals surface area contributed by atoms with Gasteiger partial charge in [0.05, 0.1) is 6.10 Å². The minimum absolute atomic E-state index is 0.128. The Bertz CT molecular complexity index is 522. The molecule has 0 aromatic carbocycles. The van der Waals surface area contributed by atoms with Gasteiger partial charge in [0, 0.05) is 50.1 Å². The first kappa shape index (κ1) is 25.7. The summed E-state index contributed by atoms with van der Waals surface area (Å²) in [6, 6.07) is 0. The van der Waals surface area contributed by atoms with Crippen molar-refractivity contribution in [3.05, 3.63) is 0 Å². The van der Waals surface area contributed by atoms with Gasteiger partial charge in [-0.25, -0.2) is 0 Å². The van der Waals surface area contributed by atoms with E-state index >= 15 is 0 Å². The number of likely N-dealkylation sites (N-methyl/N-ethyl adjacent to an activating group) is 1. The molecule has 27 heavy (non-hydrogen) atoms. The average Bonchev–Trinajstić information content (AvgIpc) is 2.51. The summed E-state index contributed by atoms with van der Waals surface area (Å²) in [5, 5.41) is 8.94. The number of nitrogens with zero attached hydrogens (tertiary/aromatic N) is 3. The van der Waals surface area contributed by atoms with E-state index in [0.29, 0.717) is 13.1 Å². The topological polar surface area (TPSA) is 98.2 Å². The van der Waals surface area contributed by atoms with E-state index in [2.05, 4.69) is 11.9 Å². The van der Waals surface area contributed by atoms with Crippen molar-refractivity contribution in [2.45, 2.75) is 47.6 Å². The Labute approximate surface area is 166 Å². The summed E-state index contributed by atoms with van der Waals surface area (Å²) in [5.41, 5.74) is -0.532. The van der Waals surface area contributed by atoms with Crippen LogP contribution in [-0.2, 0) is 21.2 Å². The molecule has 2 fully saturated rings. The zero-order valence-electron chi connectivity index (χ0n) is 17.7. The molecule has 0 radical (unpaired) electrons. The number of aliphatic hydroxyl groups excluding tert-OH is 1. The smallest absolute Gasteiger partial charge is 0.335 e. The van der Waals surface area contributed by atoms with Crippen LogP contribution in [0.2, 0.25) is 0 Å². The normalized spacial score (nSPS) is 18.4. The lowest BCUT2D eigenvalue weighted by Gasteiger charge is -2.39. The zero-order valence-corrected chi connectivity index (χ0v) is 18.5. The van der Waals surface area contributed by atoms with Crippen molar-refractivity contribution in [2.24, 2.45) is 10.8 Å². The number of hydrogen-bond donors (Lipinski definition) is 1. The Hall–Kier alpha value is -1.32. The number of rotatable bonds is 0. The molecule has 2 amide bonds. The molecule has 0 saturated carbocycles. The van der Waals surface area contributed by atoms with Crippen LogP contribution in [0.15, 0.2) is 0 Å². The van der Waals surface area contributed by atoms with E-state index in [4.69, 9.17) is 13.5 Å². The molecule has 2 aliphatic heterocycles. The summed E-state index contributed by atoms with van der Waals surface area (Å²) in [6.07, 6.45) is -0.290. The molecule has 2 saturated heterocycles. The quantitative estimate of drug-likeness (QED) is 0.625. The fourth-order valence-electron chi connectivity index (χ4n) is 2.58. The lowest BCUT2D eigenvalue weighted by Crippen LogP contribution is -2.56. The van der Waals surface area contributed by atoms with Crippen molar-refractivity contribution in [1.82, 2.24) is 14.7 Å². The van der Waals surface area contributed by atoms with Crippen molar-refractivity contribution in [2.75, 3.05) is 46.3 Å². The maximum Gasteiger partial charge on any atom is 0.335 e. The number of carbonyl (C=O) groups excluding carboxylic acids is 2.